The van der Waals surface area contributed by atoms with E-state index < -0.39 is 11.6 Å². The van der Waals surface area contributed by atoms with Gasteiger partial charge in [0.15, 0.2) is 11.6 Å². The minimum Gasteiger partial charge on any atom is -0.447 e. The topological polar surface area (TPSA) is 62.5 Å². The van der Waals surface area contributed by atoms with Gasteiger partial charge in [-0.05, 0) is 24.1 Å². The molecular formula is C17H12F2N4OS. The highest BCUT2D eigenvalue weighted by Crippen LogP contribution is 2.38. The Morgan fingerprint density at radius 2 is 1.96 bits per heavy atom. The maximum atomic E-state index is 14.2. The number of rotatable bonds is 3. The average Bonchev–Trinajstić information content (AvgIpc) is 3.15. The van der Waals surface area contributed by atoms with Crippen molar-refractivity contribution >= 4 is 23.6 Å². The molecule has 5 nitrogen and oxygen atoms in total. The first-order valence-corrected chi connectivity index (χ1v) is 8.24. The minimum atomic E-state index is -0.880. The van der Waals surface area contributed by atoms with Crippen molar-refractivity contribution in [3.05, 3.63) is 66.4 Å². The summed E-state index contributed by atoms with van der Waals surface area (Å²) in [6.07, 6.45) is 3.03. The lowest BCUT2D eigenvalue weighted by Crippen LogP contribution is -2.29. The van der Waals surface area contributed by atoms with E-state index in [2.05, 4.69) is 20.0 Å². The summed E-state index contributed by atoms with van der Waals surface area (Å²) in [6.45, 7) is 0.259. The molecule has 2 N–H and O–H groups in total. The lowest BCUT2D eigenvalue weighted by Gasteiger charge is -2.23. The number of hydrogen-bond acceptors (Lipinski definition) is 4. The van der Waals surface area contributed by atoms with Gasteiger partial charge in [-0.3, -0.25) is 4.72 Å². The highest BCUT2D eigenvalue weighted by atomic mass is 32.2. The predicted octanol–water partition coefficient (Wildman–Crippen LogP) is 4.20. The van der Waals surface area contributed by atoms with Crippen LogP contribution in [0.3, 0.4) is 0 Å². The van der Waals surface area contributed by atoms with Gasteiger partial charge in [0.05, 0.1) is 16.8 Å². The van der Waals surface area contributed by atoms with E-state index in [0.29, 0.717) is 23.1 Å². The van der Waals surface area contributed by atoms with Crippen molar-refractivity contribution in [2.45, 2.75) is 11.4 Å². The lowest BCUT2D eigenvalue weighted by atomic mass is 10.0. The molecular weight excluding hydrogens is 346 g/mol. The van der Waals surface area contributed by atoms with Gasteiger partial charge in [-0.15, -0.1) is 0 Å². The van der Waals surface area contributed by atoms with Crippen LogP contribution in [0, 0.1) is 11.6 Å². The van der Waals surface area contributed by atoms with Gasteiger partial charge in [-0.25, -0.2) is 18.8 Å². The first kappa shape index (κ1) is 15.6. The zero-order valence-electron chi connectivity index (χ0n) is 12.8. The summed E-state index contributed by atoms with van der Waals surface area (Å²) >= 11 is 1.34. The van der Waals surface area contributed by atoms with Crippen molar-refractivity contribution in [3.63, 3.8) is 0 Å². The molecule has 0 spiro atoms. The fourth-order valence-corrected chi connectivity index (χ4v) is 3.21. The van der Waals surface area contributed by atoms with Crippen LogP contribution in [0.15, 0.2) is 63.2 Å². The van der Waals surface area contributed by atoms with Crippen LogP contribution in [-0.4, -0.2) is 10.9 Å². The average molecular weight is 358 g/mol. The Bertz CT molecular complexity index is 944. The Balaban J connectivity index is 1.69. The number of nitrogens with zero attached hydrogens (tertiary/aromatic N) is 2. The number of para-hydroxylation sites is 1. The van der Waals surface area contributed by atoms with Crippen molar-refractivity contribution in [1.29, 1.82) is 0 Å². The van der Waals surface area contributed by atoms with E-state index in [1.165, 1.54) is 24.3 Å². The van der Waals surface area contributed by atoms with Crippen molar-refractivity contribution in [2.75, 3.05) is 5.32 Å². The normalized spacial score (nSPS) is 14.7. The van der Waals surface area contributed by atoms with Gasteiger partial charge >= 0.3 is 0 Å². The molecule has 0 bridgehead atoms. The summed E-state index contributed by atoms with van der Waals surface area (Å²) in [6, 6.07) is 9.54. The zero-order valence-corrected chi connectivity index (χ0v) is 13.6. The highest BCUT2D eigenvalue weighted by molar-refractivity contribution is 7.98. The third-order valence-corrected chi connectivity index (χ3v) is 4.48. The fraction of sp³-hybridized carbons (Fsp3) is 0.0588. The molecule has 3 aromatic rings. The summed E-state index contributed by atoms with van der Waals surface area (Å²) in [5, 5.41) is 3.13. The minimum absolute atomic E-state index is 0.193. The number of aromatic nitrogens is 1. The SMILES string of the molecule is Fc1cccc(-c2cccc3c2NC(=NCc2ncco2)NS3)c1F. The second-order valence-corrected chi connectivity index (χ2v) is 6.05. The quantitative estimate of drug-likeness (QED) is 0.687. The highest BCUT2D eigenvalue weighted by Gasteiger charge is 2.20. The molecule has 0 radical (unpaired) electrons. The molecule has 0 unspecified atom stereocenters. The number of benzene rings is 2. The number of fused-ring (bicyclic) bond motifs is 1. The third kappa shape index (κ3) is 3.08. The number of anilines is 1. The first-order valence-electron chi connectivity index (χ1n) is 7.42. The molecule has 0 saturated carbocycles. The molecule has 25 heavy (non-hydrogen) atoms. The van der Waals surface area contributed by atoms with Crippen LogP contribution < -0.4 is 10.0 Å². The van der Waals surface area contributed by atoms with Crippen LogP contribution in [-0.2, 0) is 6.54 Å². The van der Waals surface area contributed by atoms with E-state index in [1.807, 2.05) is 6.07 Å². The predicted molar refractivity (Wildman–Crippen MR) is 92.1 cm³/mol. The van der Waals surface area contributed by atoms with E-state index in [4.69, 9.17) is 4.42 Å². The summed E-state index contributed by atoms with van der Waals surface area (Å²) < 4.78 is 36.0. The van der Waals surface area contributed by atoms with Crippen LogP contribution in [0.1, 0.15) is 5.89 Å². The Hall–Kier alpha value is -2.87. The number of hydrogen-bond donors (Lipinski definition) is 2. The van der Waals surface area contributed by atoms with Gasteiger partial charge in [0.1, 0.15) is 12.8 Å². The number of oxazole rings is 1. The smallest absolute Gasteiger partial charge is 0.215 e. The van der Waals surface area contributed by atoms with E-state index in [-0.39, 0.29) is 12.1 Å². The summed E-state index contributed by atoms with van der Waals surface area (Å²) in [4.78, 5) is 9.21. The largest absolute Gasteiger partial charge is 0.447 e. The molecule has 1 aliphatic heterocycles. The Morgan fingerprint density at radius 1 is 1.12 bits per heavy atom. The van der Waals surface area contributed by atoms with E-state index in [9.17, 15) is 8.78 Å². The monoisotopic (exact) mass is 358 g/mol. The number of nitrogens with one attached hydrogen (secondary N) is 2. The first-order chi connectivity index (χ1) is 12.2. The maximum Gasteiger partial charge on any atom is 0.215 e. The van der Waals surface area contributed by atoms with Crippen LogP contribution in [0.4, 0.5) is 14.5 Å². The number of halogens is 2. The molecule has 2 aromatic carbocycles. The summed E-state index contributed by atoms with van der Waals surface area (Å²) in [7, 11) is 0. The molecule has 0 fully saturated rings. The summed E-state index contributed by atoms with van der Waals surface area (Å²) in [5.74, 6) is -0.787. The van der Waals surface area contributed by atoms with Crippen LogP contribution >= 0.6 is 11.9 Å². The molecule has 0 atom stereocenters. The van der Waals surface area contributed by atoms with Gasteiger partial charge in [-0.2, -0.15) is 0 Å². The van der Waals surface area contributed by atoms with Crippen molar-refractivity contribution < 1.29 is 13.2 Å². The van der Waals surface area contributed by atoms with Gasteiger partial charge in [0, 0.05) is 11.1 Å². The second-order valence-electron chi connectivity index (χ2n) is 5.20. The maximum absolute atomic E-state index is 14.2. The molecule has 2 heterocycles. The van der Waals surface area contributed by atoms with Crippen molar-refractivity contribution in [1.82, 2.24) is 9.71 Å². The zero-order chi connectivity index (χ0) is 17.2. The van der Waals surface area contributed by atoms with Crippen molar-refractivity contribution in [2.24, 2.45) is 4.99 Å². The molecule has 1 aromatic heterocycles. The van der Waals surface area contributed by atoms with Crippen LogP contribution in [0.5, 0.6) is 0 Å². The van der Waals surface area contributed by atoms with Crippen LogP contribution in [0.25, 0.3) is 11.1 Å². The molecule has 8 heteroatoms. The van der Waals surface area contributed by atoms with E-state index >= 15 is 0 Å². The van der Waals surface area contributed by atoms with E-state index in [0.717, 1.165) is 11.0 Å². The molecule has 0 aliphatic carbocycles. The number of guanidine groups is 1. The second kappa shape index (κ2) is 6.56. The Kier molecular flexibility index (Phi) is 4.10. The third-order valence-electron chi connectivity index (χ3n) is 3.62. The molecule has 0 saturated heterocycles. The standard InChI is InChI=1S/C17H12F2N4OS/c18-12-5-1-3-10(15(12)19)11-4-2-6-13-16(11)22-17(23-25-13)21-9-14-20-7-8-24-14/h1-8H,9H2,(H2,21,22,23). The fourth-order valence-electron chi connectivity index (χ4n) is 2.48. The number of aliphatic imine (C=N–C) groups is 1. The lowest BCUT2D eigenvalue weighted by molar-refractivity contribution is 0.498. The molecule has 1 aliphatic rings. The Morgan fingerprint density at radius 3 is 2.80 bits per heavy atom. The molecule has 126 valence electrons. The van der Waals surface area contributed by atoms with E-state index in [1.54, 1.807) is 24.4 Å². The van der Waals surface area contributed by atoms with Gasteiger partial charge in [0.25, 0.3) is 0 Å². The summed E-state index contributed by atoms with van der Waals surface area (Å²) in [5.41, 5.74) is 1.42. The molecule has 4 rings (SSSR count). The van der Waals surface area contributed by atoms with Crippen molar-refractivity contribution in [3.8, 4) is 11.1 Å². The molecule has 0 amide bonds. The Labute approximate surface area is 146 Å². The van der Waals surface area contributed by atoms with Gasteiger partial charge in [0.2, 0.25) is 11.9 Å². The van der Waals surface area contributed by atoms with Gasteiger partial charge in [-0.1, -0.05) is 24.3 Å². The van der Waals surface area contributed by atoms with Crippen LogP contribution in [0.2, 0.25) is 0 Å². The van der Waals surface area contributed by atoms with Gasteiger partial charge < -0.3 is 9.73 Å².